The molecule has 0 aliphatic heterocycles. The first-order chi connectivity index (χ1) is 12.2. The van der Waals surface area contributed by atoms with Crippen molar-refractivity contribution >= 4 is 28.2 Å². The van der Waals surface area contributed by atoms with Gasteiger partial charge in [-0.15, -0.1) is 0 Å². The lowest BCUT2D eigenvalue weighted by molar-refractivity contribution is 0.0691. The highest BCUT2D eigenvalue weighted by molar-refractivity contribution is 5.99. The molecular weight excluding hydrogens is 314 g/mol. The van der Waals surface area contributed by atoms with Crippen molar-refractivity contribution in [2.24, 2.45) is 0 Å². The van der Waals surface area contributed by atoms with Crippen molar-refractivity contribution in [1.82, 2.24) is 9.97 Å². The Bertz CT molecular complexity index is 1040. The van der Waals surface area contributed by atoms with Crippen LogP contribution in [0.15, 0.2) is 73.1 Å². The van der Waals surface area contributed by atoms with E-state index >= 15 is 0 Å². The molecule has 25 heavy (non-hydrogen) atoms. The molecule has 0 fully saturated rings. The average molecular weight is 329 g/mol. The van der Waals surface area contributed by atoms with Crippen LogP contribution in [0.1, 0.15) is 10.5 Å². The van der Waals surface area contributed by atoms with Crippen LogP contribution in [0.4, 0.5) is 11.4 Å². The van der Waals surface area contributed by atoms with E-state index in [2.05, 4.69) is 27.4 Å². The molecule has 122 valence electrons. The van der Waals surface area contributed by atoms with E-state index in [-0.39, 0.29) is 5.69 Å². The average Bonchev–Trinajstić information content (AvgIpc) is 3.09. The van der Waals surface area contributed by atoms with Gasteiger partial charge in [0.1, 0.15) is 5.69 Å². The molecule has 4 rings (SSSR count). The summed E-state index contributed by atoms with van der Waals surface area (Å²) in [6.07, 6.45) is 3.30. The lowest BCUT2D eigenvalue weighted by atomic mass is 10.1. The van der Waals surface area contributed by atoms with Crippen molar-refractivity contribution in [3.8, 4) is 11.1 Å². The molecule has 0 bridgehead atoms. The van der Waals surface area contributed by atoms with Gasteiger partial charge in [0, 0.05) is 11.1 Å². The third-order valence-corrected chi connectivity index (χ3v) is 4.05. The van der Waals surface area contributed by atoms with Crippen LogP contribution in [0.3, 0.4) is 0 Å². The van der Waals surface area contributed by atoms with E-state index in [1.165, 1.54) is 0 Å². The summed E-state index contributed by atoms with van der Waals surface area (Å²) in [6.45, 7) is 0. The molecule has 0 saturated carbocycles. The van der Waals surface area contributed by atoms with E-state index in [0.717, 1.165) is 27.9 Å². The summed E-state index contributed by atoms with van der Waals surface area (Å²) >= 11 is 0. The fourth-order valence-electron chi connectivity index (χ4n) is 2.80. The topological polar surface area (TPSA) is 78.0 Å². The molecule has 5 heteroatoms. The van der Waals surface area contributed by atoms with Gasteiger partial charge in [0.05, 0.1) is 23.6 Å². The molecular formula is C20H15N3O2. The summed E-state index contributed by atoms with van der Waals surface area (Å²) in [7, 11) is 0. The van der Waals surface area contributed by atoms with E-state index in [1.54, 1.807) is 18.5 Å². The molecule has 3 N–H and O–H groups in total. The minimum Gasteiger partial charge on any atom is -0.477 e. The van der Waals surface area contributed by atoms with Crippen LogP contribution in [0.25, 0.3) is 22.0 Å². The van der Waals surface area contributed by atoms with Gasteiger partial charge in [-0.3, -0.25) is 4.98 Å². The Morgan fingerprint density at radius 1 is 0.960 bits per heavy atom. The van der Waals surface area contributed by atoms with Crippen LogP contribution >= 0.6 is 0 Å². The number of fused-ring (bicyclic) bond motifs is 1. The Morgan fingerprint density at radius 2 is 1.68 bits per heavy atom. The van der Waals surface area contributed by atoms with Crippen LogP contribution in [-0.2, 0) is 0 Å². The predicted molar refractivity (Wildman–Crippen MR) is 98.2 cm³/mol. The number of nitrogens with zero attached hydrogens (tertiary/aromatic N) is 1. The van der Waals surface area contributed by atoms with E-state index in [9.17, 15) is 4.79 Å². The van der Waals surface area contributed by atoms with Crippen LogP contribution in [0.2, 0.25) is 0 Å². The Balaban J connectivity index is 1.64. The monoisotopic (exact) mass is 329 g/mol. The molecule has 2 aromatic heterocycles. The van der Waals surface area contributed by atoms with Gasteiger partial charge >= 0.3 is 5.97 Å². The number of aromatic amines is 1. The zero-order chi connectivity index (χ0) is 17.2. The lowest BCUT2D eigenvalue weighted by Crippen LogP contribution is -1.94. The van der Waals surface area contributed by atoms with Crippen molar-refractivity contribution in [2.75, 3.05) is 5.32 Å². The van der Waals surface area contributed by atoms with Gasteiger partial charge in [-0.1, -0.05) is 42.5 Å². The number of hydrogen-bond donors (Lipinski definition) is 3. The summed E-state index contributed by atoms with van der Waals surface area (Å²) in [5.74, 6) is -0.991. The maximum atomic E-state index is 11.1. The number of pyridine rings is 1. The Labute approximate surface area is 144 Å². The van der Waals surface area contributed by atoms with Crippen LogP contribution in [0, 0.1) is 0 Å². The zero-order valence-electron chi connectivity index (χ0n) is 13.2. The largest absolute Gasteiger partial charge is 0.477 e. The Kier molecular flexibility index (Phi) is 3.67. The molecule has 5 nitrogen and oxygen atoms in total. The van der Waals surface area contributed by atoms with Gasteiger partial charge in [0.15, 0.2) is 0 Å². The van der Waals surface area contributed by atoms with Gasteiger partial charge in [0.25, 0.3) is 0 Å². The van der Waals surface area contributed by atoms with E-state index in [4.69, 9.17) is 5.11 Å². The standard InChI is InChI=1S/C20H15N3O2/c24-20(25)17-10-16-18(11-21-12-19(16)23-17)22-15-8-6-14(7-9-15)13-4-2-1-3-5-13/h1-12,22-23H,(H,24,25). The molecule has 0 saturated heterocycles. The summed E-state index contributed by atoms with van der Waals surface area (Å²) in [5, 5.41) is 13.2. The molecule has 0 atom stereocenters. The number of rotatable bonds is 4. The van der Waals surface area contributed by atoms with Crippen molar-refractivity contribution in [1.29, 1.82) is 0 Å². The summed E-state index contributed by atoms with van der Waals surface area (Å²) in [6, 6.07) is 19.9. The quantitative estimate of drug-likeness (QED) is 0.508. The van der Waals surface area contributed by atoms with Gasteiger partial charge in [-0.2, -0.15) is 0 Å². The maximum Gasteiger partial charge on any atom is 0.352 e. The summed E-state index contributed by atoms with van der Waals surface area (Å²) < 4.78 is 0. The molecule has 0 unspecified atom stereocenters. The zero-order valence-corrected chi connectivity index (χ0v) is 13.2. The number of carboxylic acids is 1. The molecule has 0 radical (unpaired) electrons. The van der Waals surface area contributed by atoms with Gasteiger partial charge in [-0.25, -0.2) is 4.79 Å². The normalized spacial score (nSPS) is 10.7. The Hall–Kier alpha value is -3.60. The molecule has 0 aliphatic carbocycles. The second-order valence-corrected chi connectivity index (χ2v) is 5.70. The third kappa shape index (κ3) is 2.95. The fraction of sp³-hybridized carbons (Fsp3) is 0. The van der Waals surface area contributed by atoms with E-state index in [1.807, 2.05) is 42.5 Å². The van der Waals surface area contributed by atoms with Crippen LogP contribution < -0.4 is 5.32 Å². The highest BCUT2D eigenvalue weighted by atomic mass is 16.4. The number of carboxylic acid groups (broad SMARTS) is 1. The number of H-pyrrole nitrogens is 1. The molecule has 4 aromatic rings. The number of carbonyl (C=O) groups is 1. The van der Waals surface area contributed by atoms with Crippen LogP contribution in [-0.4, -0.2) is 21.0 Å². The van der Waals surface area contributed by atoms with Gasteiger partial charge < -0.3 is 15.4 Å². The first-order valence-electron chi connectivity index (χ1n) is 7.83. The number of benzene rings is 2. The summed E-state index contributed by atoms with van der Waals surface area (Å²) in [4.78, 5) is 18.2. The SMILES string of the molecule is O=C(O)c1cc2c(Nc3ccc(-c4ccccc4)cc3)cncc2[nH]1. The smallest absolute Gasteiger partial charge is 0.352 e. The van der Waals surface area contributed by atoms with Crippen molar-refractivity contribution in [2.45, 2.75) is 0 Å². The third-order valence-electron chi connectivity index (χ3n) is 4.05. The van der Waals surface area contributed by atoms with Crippen LogP contribution in [0.5, 0.6) is 0 Å². The molecule has 0 aliphatic rings. The Morgan fingerprint density at radius 3 is 2.40 bits per heavy atom. The van der Waals surface area contributed by atoms with Crippen molar-refractivity contribution < 1.29 is 9.90 Å². The highest BCUT2D eigenvalue weighted by Gasteiger charge is 2.11. The van der Waals surface area contributed by atoms with Crippen molar-refractivity contribution in [3.05, 3.63) is 78.8 Å². The number of aromatic nitrogens is 2. The first kappa shape index (κ1) is 15.0. The number of aromatic carboxylic acids is 1. The van der Waals surface area contributed by atoms with E-state index < -0.39 is 5.97 Å². The van der Waals surface area contributed by atoms with Gasteiger partial charge in [-0.05, 0) is 29.3 Å². The summed E-state index contributed by atoms with van der Waals surface area (Å²) in [5.41, 5.74) is 4.79. The molecule has 2 aromatic carbocycles. The highest BCUT2D eigenvalue weighted by Crippen LogP contribution is 2.27. The molecule has 0 amide bonds. The first-order valence-corrected chi connectivity index (χ1v) is 7.83. The lowest BCUT2D eigenvalue weighted by Gasteiger charge is -2.08. The van der Waals surface area contributed by atoms with Gasteiger partial charge in [0.2, 0.25) is 0 Å². The second kappa shape index (κ2) is 6.13. The molecule has 0 spiro atoms. The number of nitrogens with one attached hydrogen (secondary N) is 2. The second-order valence-electron chi connectivity index (χ2n) is 5.70. The van der Waals surface area contributed by atoms with Crippen molar-refractivity contribution in [3.63, 3.8) is 0 Å². The fourth-order valence-corrected chi connectivity index (χ4v) is 2.80. The maximum absolute atomic E-state index is 11.1. The molecule has 2 heterocycles. The minimum absolute atomic E-state index is 0.144. The minimum atomic E-state index is -0.991. The van der Waals surface area contributed by atoms with E-state index in [0.29, 0.717) is 5.52 Å². The number of anilines is 2. The predicted octanol–water partition coefficient (Wildman–Crippen LogP) is 4.67. The number of hydrogen-bond acceptors (Lipinski definition) is 3.